The molecule has 0 amide bonds. The molecule has 0 radical (unpaired) electrons. The van der Waals surface area contributed by atoms with Crippen molar-refractivity contribution in [2.45, 2.75) is 51.5 Å². The van der Waals surface area contributed by atoms with Gasteiger partial charge >= 0.3 is 0 Å². The van der Waals surface area contributed by atoms with Gasteiger partial charge in [0.15, 0.2) is 0 Å². The third kappa shape index (κ3) is 3.65. The van der Waals surface area contributed by atoms with E-state index in [0.717, 1.165) is 12.6 Å². The van der Waals surface area contributed by atoms with Crippen molar-refractivity contribution in [1.29, 1.82) is 0 Å². The Bertz CT molecular complexity index is 117. The van der Waals surface area contributed by atoms with Crippen LogP contribution < -0.4 is 5.73 Å². The molecule has 0 aromatic carbocycles. The maximum atomic E-state index is 5.62. The molecule has 0 bridgehead atoms. The predicted molar refractivity (Wildman–Crippen MR) is 57.8 cm³/mol. The van der Waals surface area contributed by atoms with Crippen LogP contribution in [0.2, 0.25) is 0 Å². The Morgan fingerprint density at radius 2 is 1.77 bits per heavy atom. The molecule has 0 aromatic rings. The maximum Gasteiger partial charge on any atom is 0.0105 e. The number of hydrogen-bond donors (Lipinski definition) is 1. The first-order valence-electron chi connectivity index (χ1n) is 5.82. The van der Waals surface area contributed by atoms with Crippen molar-refractivity contribution in [1.82, 2.24) is 4.90 Å². The first kappa shape index (κ1) is 11.0. The lowest BCUT2D eigenvalue weighted by atomic mass is 10.1. The summed E-state index contributed by atoms with van der Waals surface area (Å²) < 4.78 is 0. The van der Waals surface area contributed by atoms with E-state index >= 15 is 0 Å². The van der Waals surface area contributed by atoms with E-state index in [-0.39, 0.29) is 0 Å². The Morgan fingerprint density at radius 3 is 2.23 bits per heavy atom. The van der Waals surface area contributed by atoms with Crippen LogP contribution in [0.4, 0.5) is 0 Å². The monoisotopic (exact) mass is 184 g/mol. The number of hydrogen-bond acceptors (Lipinski definition) is 2. The van der Waals surface area contributed by atoms with Gasteiger partial charge in [0.2, 0.25) is 0 Å². The first-order chi connectivity index (χ1) is 6.38. The molecule has 1 rings (SSSR count). The van der Waals surface area contributed by atoms with Crippen LogP contribution in [-0.4, -0.2) is 30.6 Å². The fraction of sp³-hybridized carbons (Fsp3) is 1.00. The van der Waals surface area contributed by atoms with Gasteiger partial charge in [0.05, 0.1) is 0 Å². The lowest BCUT2D eigenvalue weighted by Crippen LogP contribution is -2.37. The van der Waals surface area contributed by atoms with Crippen LogP contribution in [0, 0.1) is 0 Å². The summed E-state index contributed by atoms with van der Waals surface area (Å²) in [7, 11) is 0. The molecule has 1 heterocycles. The van der Waals surface area contributed by atoms with Crippen LogP contribution in [-0.2, 0) is 0 Å². The average molecular weight is 184 g/mol. The van der Waals surface area contributed by atoms with Gasteiger partial charge in [-0.25, -0.2) is 0 Å². The molecule has 0 aliphatic carbocycles. The lowest BCUT2D eigenvalue weighted by Gasteiger charge is -2.29. The van der Waals surface area contributed by atoms with Crippen LogP contribution >= 0.6 is 0 Å². The molecule has 0 aromatic heterocycles. The van der Waals surface area contributed by atoms with E-state index in [1.54, 1.807) is 0 Å². The van der Waals surface area contributed by atoms with Gasteiger partial charge in [-0.2, -0.15) is 0 Å². The Balaban J connectivity index is 2.35. The van der Waals surface area contributed by atoms with Gasteiger partial charge in [0.1, 0.15) is 0 Å². The zero-order valence-electron chi connectivity index (χ0n) is 8.97. The van der Waals surface area contributed by atoms with E-state index in [4.69, 9.17) is 5.73 Å². The normalized spacial score (nSPS) is 22.6. The number of nitrogens with two attached hydrogens (primary N) is 1. The molecular weight excluding hydrogens is 160 g/mol. The zero-order valence-corrected chi connectivity index (χ0v) is 8.97. The van der Waals surface area contributed by atoms with Crippen molar-refractivity contribution in [3.8, 4) is 0 Å². The van der Waals surface area contributed by atoms with E-state index in [2.05, 4.69) is 11.8 Å². The second kappa shape index (κ2) is 6.39. The summed E-state index contributed by atoms with van der Waals surface area (Å²) in [6.45, 7) is 5.73. The van der Waals surface area contributed by atoms with Crippen molar-refractivity contribution in [2.24, 2.45) is 5.73 Å². The topological polar surface area (TPSA) is 29.3 Å². The zero-order chi connectivity index (χ0) is 9.52. The fourth-order valence-corrected chi connectivity index (χ4v) is 2.30. The van der Waals surface area contributed by atoms with E-state index in [1.807, 2.05) is 0 Å². The standard InChI is InChI=1S/C11H24N2/c1-2-11(7-8-12)13-9-5-3-4-6-10-13/h11H,2-10,12H2,1H3. The van der Waals surface area contributed by atoms with Gasteiger partial charge in [-0.3, -0.25) is 0 Å². The van der Waals surface area contributed by atoms with Gasteiger partial charge in [0.25, 0.3) is 0 Å². The second-order valence-electron chi connectivity index (χ2n) is 4.09. The molecular formula is C11H24N2. The second-order valence-corrected chi connectivity index (χ2v) is 4.09. The van der Waals surface area contributed by atoms with Crippen LogP contribution in [0.3, 0.4) is 0 Å². The summed E-state index contributed by atoms with van der Waals surface area (Å²) in [6.07, 6.45) is 8.07. The van der Waals surface area contributed by atoms with Crippen molar-refractivity contribution >= 4 is 0 Å². The van der Waals surface area contributed by atoms with E-state index < -0.39 is 0 Å². The number of nitrogens with zero attached hydrogens (tertiary/aromatic N) is 1. The van der Waals surface area contributed by atoms with E-state index in [1.165, 1.54) is 51.6 Å². The molecule has 0 saturated carbocycles. The fourth-order valence-electron chi connectivity index (χ4n) is 2.30. The summed E-state index contributed by atoms with van der Waals surface area (Å²) in [5, 5.41) is 0. The molecule has 2 heteroatoms. The minimum Gasteiger partial charge on any atom is -0.330 e. The summed E-state index contributed by atoms with van der Waals surface area (Å²) in [5.74, 6) is 0. The summed E-state index contributed by atoms with van der Waals surface area (Å²) in [4.78, 5) is 2.65. The highest BCUT2D eigenvalue weighted by Crippen LogP contribution is 2.15. The van der Waals surface area contributed by atoms with Crippen molar-refractivity contribution in [3.63, 3.8) is 0 Å². The molecule has 13 heavy (non-hydrogen) atoms. The number of likely N-dealkylation sites (tertiary alicyclic amines) is 1. The quantitative estimate of drug-likeness (QED) is 0.724. The molecule has 1 aliphatic rings. The highest BCUT2D eigenvalue weighted by Gasteiger charge is 2.16. The van der Waals surface area contributed by atoms with Crippen LogP contribution in [0.5, 0.6) is 0 Å². The molecule has 1 fully saturated rings. The smallest absolute Gasteiger partial charge is 0.0105 e. The molecule has 2 N–H and O–H groups in total. The van der Waals surface area contributed by atoms with Gasteiger partial charge in [0, 0.05) is 6.04 Å². The van der Waals surface area contributed by atoms with Crippen molar-refractivity contribution in [3.05, 3.63) is 0 Å². The van der Waals surface area contributed by atoms with Gasteiger partial charge in [-0.1, -0.05) is 19.8 Å². The summed E-state index contributed by atoms with van der Waals surface area (Å²) >= 11 is 0. The minimum atomic E-state index is 0.753. The lowest BCUT2D eigenvalue weighted by molar-refractivity contribution is 0.190. The van der Waals surface area contributed by atoms with Crippen LogP contribution in [0.1, 0.15) is 45.4 Å². The summed E-state index contributed by atoms with van der Waals surface area (Å²) in [6, 6.07) is 0.753. The molecule has 1 saturated heterocycles. The predicted octanol–water partition coefficient (Wildman–Crippen LogP) is 1.99. The Morgan fingerprint density at radius 1 is 1.15 bits per heavy atom. The highest BCUT2D eigenvalue weighted by molar-refractivity contribution is 4.73. The van der Waals surface area contributed by atoms with E-state index in [9.17, 15) is 0 Å². The molecule has 78 valence electrons. The largest absolute Gasteiger partial charge is 0.330 e. The van der Waals surface area contributed by atoms with E-state index in [0.29, 0.717) is 0 Å². The SMILES string of the molecule is CCC(CCN)N1CCCCCC1. The average Bonchev–Trinajstić information content (AvgIpc) is 2.42. The van der Waals surface area contributed by atoms with Crippen LogP contribution in [0.25, 0.3) is 0 Å². The van der Waals surface area contributed by atoms with Crippen molar-refractivity contribution < 1.29 is 0 Å². The number of rotatable bonds is 4. The molecule has 2 nitrogen and oxygen atoms in total. The highest BCUT2D eigenvalue weighted by atomic mass is 15.1. The van der Waals surface area contributed by atoms with Gasteiger partial charge in [-0.05, 0) is 45.3 Å². The molecule has 1 unspecified atom stereocenters. The Hall–Kier alpha value is -0.0800. The molecule has 1 atom stereocenters. The minimum absolute atomic E-state index is 0.753. The maximum absolute atomic E-state index is 5.62. The third-order valence-corrected chi connectivity index (χ3v) is 3.13. The van der Waals surface area contributed by atoms with Gasteiger partial charge in [-0.15, -0.1) is 0 Å². The molecule has 0 spiro atoms. The Labute approximate surface area is 82.5 Å². The molecule has 1 aliphatic heterocycles. The first-order valence-corrected chi connectivity index (χ1v) is 5.82. The van der Waals surface area contributed by atoms with Crippen LogP contribution in [0.15, 0.2) is 0 Å². The summed E-state index contributed by atoms with van der Waals surface area (Å²) in [5.41, 5.74) is 5.62. The third-order valence-electron chi connectivity index (χ3n) is 3.13. The van der Waals surface area contributed by atoms with Gasteiger partial charge < -0.3 is 10.6 Å². The Kier molecular flexibility index (Phi) is 5.40. The van der Waals surface area contributed by atoms with Crippen molar-refractivity contribution in [2.75, 3.05) is 19.6 Å².